The molecule has 0 aromatic heterocycles. The summed E-state index contributed by atoms with van der Waals surface area (Å²) in [4.78, 5) is 12.3. The molecule has 3 heteroatoms. The van der Waals surface area contributed by atoms with Gasteiger partial charge in [-0.1, -0.05) is 55.7 Å². The first-order valence-electron chi connectivity index (χ1n) is 4.29. The maximum absolute atomic E-state index is 10.3. The van der Waals surface area contributed by atoms with Crippen molar-refractivity contribution in [1.29, 1.82) is 0 Å². The van der Waals surface area contributed by atoms with Crippen LogP contribution >= 0.6 is 22.6 Å². The molecule has 0 spiro atoms. The molecule has 0 amide bonds. The highest BCUT2D eigenvalue weighted by molar-refractivity contribution is 14.1. The van der Waals surface area contributed by atoms with Crippen LogP contribution in [0.2, 0.25) is 0 Å². The molecule has 0 aliphatic carbocycles. The lowest BCUT2D eigenvalue weighted by Gasteiger charge is -2.03. The van der Waals surface area contributed by atoms with E-state index < -0.39 is 5.97 Å². The number of carboxylic acids is 1. The average Bonchev–Trinajstić information content (AvgIpc) is 2.08. The molecule has 0 saturated heterocycles. The minimum Gasteiger partial charge on any atom is -0.481 e. The minimum atomic E-state index is -0.670. The molecule has 0 saturated carbocycles. The molecule has 12 heavy (non-hydrogen) atoms. The van der Waals surface area contributed by atoms with Gasteiger partial charge in [-0.2, -0.15) is 0 Å². The van der Waals surface area contributed by atoms with Gasteiger partial charge in [-0.3, -0.25) is 4.79 Å². The van der Waals surface area contributed by atoms with Gasteiger partial charge in [-0.15, -0.1) is 0 Å². The summed E-state index contributed by atoms with van der Waals surface area (Å²) in [6.07, 6.45) is 4.18. The number of aliphatic carboxylic acids is 1. The number of rotatable bonds is 5. The van der Waals surface area contributed by atoms with E-state index in [9.17, 15) is 4.79 Å². The van der Waals surface area contributed by atoms with Gasteiger partial charge in [-0.05, 0) is 11.4 Å². The third kappa shape index (κ3) is 10.2. The predicted molar refractivity (Wildman–Crippen MR) is 60.9 cm³/mol. The van der Waals surface area contributed by atoms with Crippen LogP contribution in [-0.4, -0.2) is 16.0 Å². The van der Waals surface area contributed by atoms with E-state index in [0.29, 0.717) is 0 Å². The molecule has 0 bridgehead atoms. The Bertz CT molecular complexity index is 105. The van der Waals surface area contributed by atoms with Crippen LogP contribution in [0.25, 0.3) is 0 Å². The summed E-state index contributed by atoms with van der Waals surface area (Å²) in [6, 6.07) is 0. The standard InChI is InChI=1S/C8H16O2.CH3I/c1-3-4-5-6-7(2)8(9)10;1-2/h7H,3-6H2,1-2H3,(H,9,10);1H3. The topological polar surface area (TPSA) is 37.3 Å². The second-order valence-electron chi connectivity index (χ2n) is 2.74. The van der Waals surface area contributed by atoms with Crippen LogP contribution in [0.15, 0.2) is 0 Å². The van der Waals surface area contributed by atoms with Crippen LogP contribution in [0, 0.1) is 5.92 Å². The fourth-order valence-electron chi connectivity index (χ4n) is 0.824. The molecule has 0 fully saturated rings. The van der Waals surface area contributed by atoms with E-state index in [2.05, 4.69) is 29.5 Å². The van der Waals surface area contributed by atoms with Crippen molar-refractivity contribution >= 4 is 28.6 Å². The molecule has 1 unspecified atom stereocenters. The Morgan fingerprint density at radius 3 is 2.25 bits per heavy atom. The maximum Gasteiger partial charge on any atom is 0.306 e. The van der Waals surface area contributed by atoms with E-state index in [-0.39, 0.29) is 5.92 Å². The fourth-order valence-corrected chi connectivity index (χ4v) is 0.824. The van der Waals surface area contributed by atoms with E-state index in [4.69, 9.17) is 5.11 Å². The third-order valence-electron chi connectivity index (χ3n) is 1.66. The zero-order valence-corrected chi connectivity index (χ0v) is 10.3. The van der Waals surface area contributed by atoms with Gasteiger partial charge >= 0.3 is 5.97 Å². The third-order valence-corrected chi connectivity index (χ3v) is 1.66. The maximum atomic E-state index is 10.3. The molecule has 2 nitrogen and oxygen atoms in total. The Morgan fingerprint density at radius 1 is 1.42 bits per heavy atom. The van der Waals surface area contributed by atoms with Gasteiger partial charge in [-0.25, -0.2) is 0 Å². The molecule has 0 aromatic carbocycles. The molecule has 0 radical (unpaired) electrons. The van der Waals surface area contributed by atoms with Crippen LogP contribution in [0.4, 0.5) is 0 Å². The average molecular weight is 286 g/mol. The Kier molecular flexibility index (Phi) is 13.7. The van der Waals surface area contributed by atoms with Crippen molar-refractivity contribution in [2.45, 2.75) is 39.5 Å². The second kappa shape index (κ2) is 11.2. The molecular weight excluding hydrogens is 267 g/mol. The fraction of sp³-hybridized carbons (Fsp3) is 0.889. The summed E-state index contributed by atoms with van der Waals surface area (Å²) in [5.41, 5.74) is 0. The highest BCUT2D eigenvalue weighted by Crippen LogP contribution is 2.08. The lowest BCUT2D eigenvalue weighted by atomic mass is 10.0. The summed E-state index contributed by atoms with van der Waals surface area (Å²) in [7, 11) is 0. The SMILES string of the molecule is CCCCCC(C)C(=O)O.CI. The minimum absolute atomic E-state index is 0.161. The van der Waals surface area contributed by atoms with Crippen molar-refractivity contribution in [3.8, 4) is 0 Å². The van der Waals surface area contributed by atoms with Gasteiger partial charge in [0.2, 0.25) is 0 Å². The molecule has 74 valence electrons. The summed E-state index contributed by atoms with van der Waals surface area (Å²) in [5.74, 6) is -0.831. The van der Waals surface area contributed by atoms with E-state index in [1.54, 1.807) is 6.92 Å². The van der Waals surface area contributed by atoms with Crippen molar-refractivity contribution < 1.29 is 9.90 Å². The number of unbranched alkanes of at least 4 members (excludes halogenated alkanes) is 2. The molecule has 0 aliphatic rings. The first kappa shape index (κ1) is 14.7. The van der Waals surface area contributed by atoms with Crippen molar-refractivity contribution in [2.75, 3.05) is 4.93 Å². The summed E-state index contributed by atoms with van der Waals surface area (Å²) < 4.78 is 0. The number of halogens is 1. The Hall–Kier alpha value is 0.200. The lowest BCUT2D eigenvalue weighted by Crippen LogP contribution is -2.08. The largest absolute Gasteiger partial charge is 0.481 e. The number of carboxylic acid groups (broad SMARTS) is 1. The summed E-state index contributed by atoms with van der Waals surface area (Å²) >= 11 is 2.15. The highest BCUT2D eigenvalue weighted by atomic mass is 127. The van der Waals surface area contributed by atoms with Gasteiger partial charge < -0.3 is 5.11 Å². The first-order chi connectivity index (χ1) is 5.68. The Balaban J connectivity index is 0. The van der Waals surface area contributed by atoms with Gasteiger partial charge in [0.05, 0.1) is 5.92 Å². The van der Waals surface area contributed by atoms with Gasteiger partial charge in [0.15, 0.2) is 0 Å². The lowest BCUT2D eigenvalue weighted by molar-refractivity contribution is -0.141. The molecular formula is C9H19IO2. The predicted octanol–water partition coefficient (Wildman–Crippen LogP) is 3.34. The van der Waals surface area contributed by atoms with E-state index in [1.165, 1.54) is 0 Å². The van der Waals surface area contributed by atoms with Gasteiger partial charge in [0, 0.05) is 0 Å². The van der Waals surface area contributed by atoms with Crippen molar-refractivity contribution in [1.82, 2.24) is 0 Å². The number of carbonyl (C=O) groups is 1. The van der Waals surface area contributed by atoms with Crippen molar-refractivity contribution in [3.63, 3.8) is 0 Å². The van der Waals surface area contributed by atoms with Crippen molar-refractivity contribution in [2.24, 2.45) is 5.92 Å². The second-order valence-corrected chi connectivity index (χ2v) is 2.74. The molecule has 0 rings (SSSR count). The van der Waals surface area contributed by atoms with E-state index in [0.717, 1.165) is 25.7 Å². The highest BCUT2D eigenvalue weighted by Gasteiger charge is 2.08. The molecule has 1 atom stereocenters. The number of hydrogen-bond donors (Lipinski definition) is 1. The number of alkyl halides is 1. The summed E-state index contributed by atoms with van der Waals surface area (Å²) in [5, 5.41) is 8.48. The molecule has 0 heterocycles. The first-order valence-corrected chi connectivity index (χ1v) is 6.44. The Morgan fingerprint density at radius 2 is 1.92 bits per heavy atom. The van der Waals surface area contributed by atoms with E-state index in [1.807, 2.05) is 4.93 Å². The zero-order valence-electron chi connectivity index (χ0n) is 8.14. The Labute approximate surface area is 88.9 Å². The smallest absolute Gasteiger partial charge is 0.306 e. The van der Waals surface area contributed by atoms with Gasteiger partial charge in [0.25, 0.3) is 0 Å². The van der Waals surface area contributed by atoms with Crippen LogP contribution < -0.4 is 0 Å². The monoisotopic (exact) mass is 286 g/mol. The van der Waals surface area contributed by atoms with Crippen LogP contribution in [-0.2, 0) is 4.79 Å². The normalized spacial score (nSPS) is 11.3. The van der Waals surface area contributed by atoms with Crippen molar-refractivity contribution in [3.05, 3.63) is 0 Å². The molecule has 0 aromatic rings. The number of hydrogen-bond acceptors (Lipinski definition) is 1. The van der Waals surface area contributed by atoms with E-state index >= 15 is 0 Å². The van der Waals surface area contributed by atoms with Crippen LogP contribution in [0.1, 0.15) is 39.5 Å². The van der Waals surface area contributed by atoms with Crippen LogP contribution in [0.3, 0.4) is 0 Å². The molecule has 0 aliphatic heterocycles. The molecule has 1 N–H and O–H groups in total. The zero-order chi connectivity index (χ0) is 9.98. The quantitative estimate of drug-likeness (QED) is 0.478. The van der Waals surface area contributed by atoms with Crippen LogP contribution in [0.5, 0.6) is 0 Å². The van der Waals surface area contributed by atoms with Gasteiger partial charge in [0.1, 0.15) is 0 Å². The summed E-state index contributed by atoms with van der Waals surface area (Å²) in [6.45, 7) is 3.88.